The largest absolute Gasteiger partial charge is 0.493 e. The number of esters is 1. The first-order valence-electron chi connectivity index (χ1n) is 13.9. The Morgan fingerprint density at radius 2 is 1.76 bits per heavy atom. The lowest BCUT2D eigenvalue weighted by molar-refractivity contribution is -0.139. The van der Waals surface area contributed by atoms with Crippen LogP contribution >= 0.6 is 0 Å². The number of nitrogens with one attached hydrogen (secondary N) is 3. The van der Waals surface area contributed by atoms with Crippen molar-refractivity contribution in [2.75, 3.05) is 27.4 Å². The molecule has 45 heavy (non-hydrogen) atoms. The van der Waals surface area contributed by atoms with E-state index < -0.39 is 30.6 Å². The fourth-order valence-electron chi connectivity index (χ4n) is 4.44. The number of urea groups is 1. The summed E-state index contributed by atoms with van der Waals surface area (Å²) < 4.78 is 40.8. The summed E-state index contributed by atoms with van der Waals surface area (Å²) in [4.78, 5) is 37.3. The van der Waals surface area contributed by atoms with Crippen molar-refractivity contribution in [2.45, 2.75) is 26.5 Å². The quantitative estimate of drug-likeness (QED) is 0.147. The average Bonchev–Trinajstić information content (AvgIpc) is 3.03. The molecule has 3 aromatic carbocycles. The Balaban J connectivity index is 1.40. The lowest BCUT2D eigenvalue weighted by Crippen LogP contribution is -2.45. The first-order chi connectivity index (χ1) is 21.7. The van der Waals surface area contributed by atoms with E-state index in [1.807, 2.05) is 0 Å². The number of para-hydroxylation sites is 1. The molecule has 13 heteroatoms. The zero-order chi connectivity index (χ0) is 32.3. The van der Waals surface area contributed by atoms with Crippen molar-refractivity contribution < 1.29 is 42.5 Å². The Kier molecular flexibility index (Phi) is 10.9. The van der Waals surface area contributed by atoms with Crippen LogP contribution in [0.2, 0.25) is 0 Å². The third-order valence-corrected chi connectivity index (χ3v) is 6.56. The average molecular weight is 621 g/mol. The molecule has 1 aliphatic rings. The predicted octanol–water partition coefficient (Wildman–Crippen LogP) is 4.14. The van der Waals surface area contributed by atoms with Crippen LogP contribution in [-0.4, -0.2) is 51.6 Å². The third kappa shape index (κ3) is 8.28. The molecule has 0 bridgehead atoms. The molecule has 0 aromatic heterocycles. The number of carbonyl (C=O) groups is 3. The summed E-state index contributed by atoms with van der Waals surface area (Å²) in [6, 6.07) is 14.7. The molecular formula is C32H33FN4O8. The van der Waals surface area contributed by atoms with Gasteiger partial charge in [0.05, 0.1) is 38.7 Å². The topological polar surface area (TPSA) is 146 Å². The Morgan fingerprint density at radius 3 is 2.47 bits per heavy atom. The molecule has 3 amide bonds. The number of methoxy groups -OCH3 is 2. The van der Waals surface area contributed by atoms with Gasteiger partial charge in [0.2, 0.25) is 0 Å². The molecule has 0 saturated heterocycles. The number of rotatable bonds is 13. The Labute approximate surface area is 259 Å². The van der Waals surface area contributed by atoms with Gasteiger partial charge in [0.25, 0.3) is 5.91 Å². The van der Waals surface area contributed by atoms with Crippen molar-refractivity contribution in [3.05, 3.63) is 94.4 Å². The van der Waals surface area contributed by atoms with Crippen molar-refractivity contribution in [3.8, 4) is 23.0 Å². The summed E-state index contributed by atoms with van der Waals surface area (Å²) in [5, 5.41) is 9.32. The maximum atomic E-state index is 13.2. The van der Waals surface area contributed by atoms with E-state index in [0.29, 0.717) is 28.3 Å². The summed E-state index contributed by atoms with van der Waals surface area (Å²) in [5.74, 6) is -0.0874. The van der Waals surface area contributed by atoms with Crippen LogP contribution in [0.15, 0.2) is 77.0 Å². The molecule has 3 aromatic rings. The Morgan fingerprint density at radius 1 is 1.00 bits per heavy atom. The molecular weight excluding hydrogens is 587 g/mol. The van der Waals surface area contributed by atoms with E-state index in [-0.39, 0.29) is 36.1 Å². The van der Waals surface area contributed by atoms with Crippen LogP contribution in [0.1, 0.15) is 36.6 Å². The van der Waals surface area contributed by atoms with Crippen molar-refractivity contribution in [1.82, 2.24) is 16.1 Å². The predicted molar refractivity (Wildman–Crippen MR) is 162 cm³/mol. The maximum absolute atomic E-state index is 13.2. The second-order valence-corrected chi connectivity index (χ2v) is 9.58. The van der Waals surface area contributed by atoms with E-state index in [9.17, 15) is 18.8 Å². The second-order valence-electron chi connectivity index (χ2n) is 9.58. The van der Waals surface area contributed by atoms with Crippen molar-refractivity contribution in [2.24, 2.45) is 5.10 Å². The molecule has 236 valence electrons. The first-order valence-corrected chi connectivity index (χ1v) is 13.9. The highest BCUT2D eigenvalue weighted by atomic mass is 19.1. The molecule has 0 aliphatic carbocycles. The van der Waals surface area contributed by atoms with Crippen molar-refractivity contribution >= 4 is 24.1 Å². The summed E-state index contributed by atoms with van der Waals surface area (Å²) in [6.07, 6.45) is 1.40. The van der Waals surface area contributed by atoms with Crippen LogP contribution in [0.4, 0.5) is 9.18 Å². The number of amides is 3. The minimum Gasteiger partial charge on any atom is -0.493 e. The molecule has 0 radical (unpaired) electrons. The minimum atomic E-state index is -0.792. The van der Waals surface area contributed by atoms with Gasteiger partial charge in [-0.15, -0.1) is 0 Å². The van der Waals surface area contributed by atoms with E-state index in [4.69, 9.17) is 23.7 Å². The van der Waals surface area contributed by atoms with Gasteiger partial charge in [-0.2, -0.15) is 5.10 Å². The van der Waals surface area contributed by atoms with E-state index in [0.717, 1.165) is 5.56 Å². The molecule has 3 N–H and O–H groups in total. The fourth-order valence-corrected chi connectivity index (χ4v) is 4.44. The molecule has 12 nitrogen and oxygen atoms in total. The summed E-state index contributed by atoms with van der Waals surface area (Å²) in [5.41, 5.74) is 4.86. The number of nitrogens with zero attached hydrogens (tertiary/aromatic N) is 1. The number of hydrogen-bond acceptors (Lipinski definition) is 9. The standard InChI is InChI=1S/C32H33FN4O8/c1-5-43-31(39)28-19(2)35-32(40)36-29(28)21-11-14-24(26(15-21)42-4)44-18-27(38)37-34-16-22-7-6-8-25(41-3)30(22)45-17-20-9-12-23(33)13-10-20/h6-16,29H,5,17-18H2,1-4H3,(H,37,38)(H2,35,36,40)/b34-16+/t29-/m1/s1. The highest BCUT2D eigenvalue weighted by Crippen LogP contribution is 2.35. The van der Waals surface area contributed by atoms with Gasteiger partial charge < -0.3 is 34.3 Å². The monoisotopic (exact) mass is 620 g/mol. The number of halogens is 1. The molecule has 0 saturated carbocycles. The van der Waals surface area contributed by atoms with Crippen LogP contribution < -0.4 is 35.0 Å². The molecule has 1 atom stereocenters. The van der Waals surface area contributed by atoms with Gasteiger partial charge in [0, 0.05) is 11.3 Å². The van der Waals surface area contributed by atoms with Crippen LogP contribution in [0, 0.1) is 5.82 Å². The molecule has 1 heterocycles. The van der Waals surface area contributed by atoms with E-state index in [2.05, 4.69) is 21.2 Å². The summed E-state index contributed by atoms with van der Waals surface area (Å²) in [7, 11) is 2.93. The van der Waals surface area contributed by atoms with Gasteiger partial charge in [-0.1, -0.05) is 24.3 Å². The number of carbonyl (C=O) groups excluding carboxylic acids is 3. The van der Waals surface area contributed by atoms with Gasteiger partial charge in [-0.3, -0.25) is 4.79 Å². The SMILES string of the molecule is CCOC(=O)C1=C(C)NC(=O)N[C@@H]1c1ccc(OCC(=O)N/N=C/c2cccc(OC)c2OCc2ccc(F)cc2)c(OC)c1. The number of allylic oxidation sites excluding steroid dienone is 1. The van der Waals surface area contributed by atoms with E-state index >= 15 is 0 Å². The molecule has 0 spiro atoms. The third-order valence-electron chi connectivity index (χ3n) is 6.56. The lowest BCUT2D eigenvalue weighted by atomic mass is 9.95. The zero-order valence-electron chi connectivity index (χ0n) is 25.1. The van der Waals surface area contributed by atoms with Gasteiger partial charge in [-0.05, 0) is 61.4 Å². The number of hydrogen-bond donors (Lipinski definition) is 3. The van der Waals surface area contributed by atoms with Crippen LogP contribution in [-0.2, 0) is 20.9 Å². The molecule has 0 fully saturated rings. The number of benzene rings is 3. The molecule has 4 rings (SSSR count). The zero-order valence-corrected chi connectivity index (χ0v) is 25.1. The van der Waals surface area contributed by atoms with E-state index in [1.54, 1.807) is 62.4 Å². The van der Waals surface area contributed by atoms with Crippen LogP contribution in [0.3, 0.4) is 0 Å². The van der Waals surface area contributed by atoms with Crippen LogP contribution in [0.25, 0.3) is 0 Å². The van der Waals surface area contributed by atoms with Gasteiger partial charge in [0.15, 0.2) is 29.6 Å². The smallest absolute Gasteiger partial charge is 0.338 e. The number of hydrazone groups is 1. The van der Waals surface area contributed by atoms with Crippen LogP contribution in [0.5, 0.6) is 23.0 Å². The summed E-state index contributed by atoms with van der Waals surface area (Å²) >= 11 is 0. The Hall–Kier alpha value is -5.59. The second kappa shape index (κ2) is 15.2. The lowest BCUT2D eigenvalue weighted by Gasteiger charge is -2.28. The van der Waals surface area contributed by atoms with E-state index in [1.165, 1.54) is 32.6 Å². The van der Waals surface area contributed by atoms with Crippen molar-refractivity contribution in [1.29, 1.82) is 0 Å². The number of ether oxygens (including phenoxy) is 5. The van der Waals surface area contributed by atoms with Gasteiger partial charge in [-0.25, -0.2) is 19.4 Å². The Bertz CT molecular complexity index is 1610. The first kappa shape index (κ1) is 32.3. The molecule has 0 unspecified atom stereocenters. The summed E-state index contributed by atoms with van der Waals surface area (Å²) in [6.45, 7) is 3.24. The highest BCUT2D eigenvalue weighted by molar-refractivity contribution is 5.95. The fraction of sp³-hybridized carbons (Fsp3) is 0.250. The normalized spacial score (nSPS) is 14.3. The minimum absolute atomic E-state index is 0.159. The van der Waals surface area contributed by atoms with Gasteiger partial charge in [0.1, 0.15) is 12.4 Å². The van der Waals surface area contributed by atoms with Gasteiger partial charge >= 0.3 is 12.0 Å². The van der Waals surface area contributed by atoms with Crippen molar-refractivity contribution in [3.63, 3.8) is 0 Å². The highest BCUT2D eigenvalue weighted by Gasteiger charge is 2.32. The molecule has 1 aliphatic heterocycles. The maximum Gasteiger partial charge on any atom is 0.338 e.